The Hall–Kier alpha value is -1.43. The van der Waals surface area contributed by atoms with Gasteiger partial charge in [0.15, 0.2) is 5.78 Å². The number of rotatable bonds is 23. The fourth-order valence-electron chi connectivity index (χ4n) is 5.76. The molecule has 0 aromatic heterocycles. The van der Waals surface area contributed by atoms with Crippen LogP contribution in [0.25, 0.3) is 0 Å². The van der Waals surface area contributed by atoms with Crippen molar-refractivity contribution in [2.75, 3.05) is 34.5 Å². The highest BCUT2D eigenvalue weighted by Crippen LogP contribution is 2.41. The van der Waals surface area contributed by atoms with E-state index in [1.165, 1.54) is 82.6 Å². The summed E-state index contributed by atoms with van der Waals surface area (Å²) >= 11 is 0. The number of carbonyl (C=O) groups excluding carboxylic acids is 1. The second kappa shape index (κ2) is 21.3. The Kier molecular flexibility index (Phi) is 19.5. The molecule has 0 radical (unpaired) electrons. The van der Waals surface area contributed by atoms with Crippen molar-refractivity contribution in [1.29, 1.82) is 0 Å². The van der Waals surface area contributed by atoms with E-state index < -0.39 is 0 Å². The van der Waals surface area contributed by atoms with Gasteiger partial charge in [-0.15, -0.1) is 0 Å². The lowest BCUT2D eigenvalue weighted by Gasteiger charge is -2.28. The molecule has 226 valence electrons. The average Bonchev–Trinajstić information content (AvgIpc) is 2.96. The van der Waals surface area contributed by atoms with Crippen molar-refractivity contribution in [3.8, 4) is 0 Å². The molecule has 39 heavy (non-hydrogen) atoms. The lowest BCUT2D eigenvalue weighted by molar-refractivity contribution is -0.113. The number of aliphatic hydroxyl groups is 1. The Morgan fingerprint density at radius 1 is 0.821 bits per heavy atom. The van der Waals surface area contributed by atoms with Crippen LogP contribution in [0.15, 0.2) is 34.6 Å². The van der Waals surface area contributed by atoms with Crippen molar-refractivity contribution in [3.63, 3.8) is 0 Å². The SMILES string of the molecule is COCC1=C(OC)C(C)(C)CC(CCCCCCC/C=C\CCCCCCCCCC(O)COC)=C(C)C1=O. The lowest BCUT2D eigenvalue weighted by atomic mass is 9.81. The minimum atomic E-state index is -0.292. The van der Waals surface area contributed by atoms with E-state index in [1.54, 1.807) is 21.3 Å². The molecule has 0 bridgehead atoms. The molecule has 0 aromatic rings. The minimum Gasteiger partial charge on any atom is -0.500 e. The summed E-state index contributed by atoms with van der Waals surface area (Å²) in [6.45, 7) is 7.08. The van der Waals surface area contributed by atoms with E-state index in [-0.39, 0.29) is 17.3 Å². The molecule has 0 heterocycles. The van der Waals surface area contributed by atoms with Crippen LogP contribution >= 0.6 is 0 Å². The second-order valence-electron chi connectivity index (χ2n) is 12.0. The highest BCUT2D eigenvalue weighted by molar-refractivity contribution is 6.09. The molecule has 1 atom stereocenters. The number of unbranched alkanes of at least 4 members (excludes halogenated alkanes) is 12. The largest absolute Gasteiger partial charge is 0.500 e. The third kappa shape index (κ3) is 14.7. The van der Waals surface area contributed by atoms with E-state index in [0.717, 1.165) is 43.4 Å². The van der Waals surface area contributed by atoms with Gasteiger partial charge in [0.1, 0.15) is 5.76 Å². The van der Waals surface area contributed by atoms with Crippen molar-refractivity contribution >= 4 is 5.78 Å². The molecule has 0 saturated carbocycles. The van der Waals surface area contributed by atoms with Crippen LogP contribution in [-0.4, -0.2) is 51.5 Å². The Bertz CT molecular complexity index is 762. The van der Waals surface area contributed by atoms with Gasteiger partial charge >= 0.3 is 0 Å². The molecule has 1 unspecified atom stereocenters. The van der Waals surface area contributed by atoms with Crippen LogP contribution < -0.4 is 0 Å². The molecule has 0 aromatic carbocycles. The van der Waals surface area contributed by atoms with Crippen LogP contribution in [0.5, 0.6) is 0 Å². The van der Waals surface area contributed by atoms with Crippen LogP contribution in [0.1, 0.15) is 130 Å². The third-order valence-corrected chi connectivity index (χ3v) is 7.97. The number of Topliss-reactive ketones (excluding diaryl/α,β-unsaturated/α-hetero) is 1. The molecular weight excluding hydrogens is 488 g/mol. The van der Waals surface area contributed by atoms with Gasteiger partial charge in [0, 0.05) is 19.6 Å². The maximum atomic E-state index is 13.1. The minimum absolute atomic E-state index is 0.0898. The van der Waals surface area contributed by atoms with Crippen molar-refractivity contribution in [2.24, 2.45) is 5.41 Å². The van der Waals surface area contributed by atoms with Gasteiger partial charge in [-0.3, -0.25) is 4.79 Å². The predicted octanol–water partition coefficient (Wildman–Crippen LogP) is 8.65. The van der Waals surface area contributed by atoms with E-state index in [4.69, 9.17) is 14.2 Å². The first-order valence-electron chi connectivity index (χ1n) is 15.6. The fourth-order valence-corrected chi connectivity index (χ4v) is 5.76. The Morgan fingerprint density at radius 2 is 1.36 bits per heavy atom. The summed E-state index contributed by atoms with van der Waals surface area (Å²) in [5.74, 6) is 0.867. The lowest BCUT2D eigenvalue weighted by Crippen LogP contribution is -2.21. The van der Waals surface area contributed by atoms with E-state index in [9.17, 15) is 9.90 Å². The number of methoxy groups -OCH3 is 3. The van der Waals surface area contributed by atoms with E-state index >= 15 is 0 Å². The summed E-state index contributed by atoms with van der Waals surface area (Å²) in [6, 6.07) is 0. The molecule has 0 fully saturated rings. The third-order valence-electron chi connectivity index (χ3n) is 7.97. The number of hydrogen-bond acceptors (Lipinski definition) is 5. The monoisotopic (exact) mass is 548 g/mol. The molecule has 0 amide bonds. The summed E-state index contributed by atoms with van der Waals surface area (Å²) in [5.41, 5.74) is 2.65. The zero-order chi connectivity index (χ0) is 28.9. The van der Waals surface area contributed by atoms with Crippen molar-refractivity contribution in [1.82, 2.24) is 0 Å². The molecule has 5 nitrogen and oxygen atoms in total. The molecule has 1 rings (SSSR count). The smallest absolute Gasteiger partial charge is 0.190 e. The highest BCUT2D eigenvalue weighted by atomic mass is 16.5. The van der Waals surface area contributed by atoms with Gasteiger partial charge in [0.2, 0.25) is 0 Å². The van der Waals surface area contributed by atoms with Crippen LogP contribution in [-0.2, 0) is 19.0 Å². The van der Waals surface area contributed by atoms with Crippen LogP contribution in [0.2, 0.25) is 0 Å². The fraction of sp³-hybridized carbons (Fsp3) is 0.794. The maximum Gasteiger partial charge on any atom is 0.190 e. The molecule has 0 saturated heterocycles. The van der Waals surface area contributed by atoms with Crippen molar-refractivity contribution < 1.29 is 24.1 Å². The zero-order valence-corrected chi connectivity index (χ0v) is 26.2. The molecule has 5 heteroatoms. The molecule has 0 spiro atoms. The summed E-state index contributed by atoms with van der Waals surface area (Å²) in [6.07, 6.45) is 24.6. The molecular formula is C34H60O5. The van der Waals surface area contributed by atoms with Gasteiger partial charge in [-0.25, -0.2) is 0 Å². The second-order valence-corrected chi connectivity index (χ2v) is 12.0. The number of allylic oxidation sites excluding steroid dienone is 5. The van der Waals surface area contributed by atoms with Gasteiger partial charge in [-0.05, 0) is 63.9 Å². The van der Waals surface area contributed by atoms with Gasteiger partial charge in [0.25, 0.3) is 0 Å². The summed E-state index contributed by atoms with van der Waals surface area (Å²) < 4.78 is 16.0. The summed E-state index contributed by atoms with van der Waals surface area (Å²) in [4.78, 5) is 13.1. The number of ether oxygens (including phenoxy) is 3. The maximum absolute atomic E-state index is 13.1. The average molecular weight is 549 g/mol. The quantitative estimate of drug-likeness (QED) is 0.102. The Balaban J connectivity index is 2.10. The molecule has 1 aliphatic rings. The Morgan fingerprint density at radius 3 is 1.90 bits per heavy atom. The number of aliphatic hydroxyl groups excluding tert-OH is 1. The Labute approximate surface area is 240 Å². The summed E-state index contributed by atoms with van der Waals surface area (Å²) in [7, 11) is 4.94. The first-order chi connectivity index (χ1) is 18.8. The number of carbonyl (C=O) groups is 1. The van der Waals surface area contributed by atoms with Crippen LogP contribution in [0.3, 0.4) is 0 Å². The predicted molar refractivity (Wildman–Crippen MR) is 163 cm³/mol. The van der Waals surface area contributed by atoms with Crippen molar-refractivity contribution in [2.45, 2.75) is 136 Å². The normalized spacial score (nSPS) is 16.8. The molecule has 1 N–H and O–H groups in total. The number of ketones is 1. The van der Waals surface area contributed by atoms with Crippen molar-refractivity contribution in [3.05, 3.63) is 34.6 Å². The van der Waals surface area contributed by atoms with Crippen LogP contribution in [0, 0.1) is 5.41 Å². The van der Waals surface area contributed by atoms with Crippen LogP contribution in [0.4, 0.5) is 0 Å². The first-order valence-corrected chi connectivity index (χ1v) is 15.6. The van der Waals surface area contributed by atoms with E-state index in [2.05, 4.69) is 26.0 Å². The van der Waals surface area contributed by atoms with Gasteiger partial charge in [0.05, 0.1) is 32.0 Å². The topological polar surface area (TPSA) is 65.0 Å². The van der Waals surface area contributed by atoms with Gasteiger partial charge in [-0.2, -0.15) is 0 Å². The van der Waals surface area contributed by atoms with Gasteiger partial charge in [-0.1, -0.05) is 89.4 Å². The van der Waals surface area contributed by atoms with E-state index in [1.807, 2.05) is 6.92 Å². The first kappa shape index (κ1) is 35.6. The van der Waals surface area contributed by atoms with E-state index in [0.29, 0.717) is 18.8 Å². The molecule has 1 aliphatic carbocycles. The molecule has 0 aliphatic heterocycles. The highest BCUT2D eigenvalue weighted by Gasteiger charge is 2.35. The standard InChI is InChI=1S/C34H60O5/c1-28-29(25-34(2,3)33(39-6)31(27-38-5)32(28)36)23-21-19-17-15-13-11-9-7-8-10-12-14-16-18-20-22-24-30(35)26-37-4/h7,9,30,35H,8,10-27H2,1-6H3/b9-7-. The van der Waals surface area contributed by atoms with Gasteiger partial charge < -0.3 is 19.3 Å². The summed E-state index contributed by atoms with van der Waals surface area (Å²) in [5, 5.41) is 9.64. The zero-order valence-electron chi connectivity index (χ0n) is 26.2. The number of hydrogen-bond donors (Lipinski definition) is 1.